The van der Waals surface area contributed by atoms with Crippen LogP contribution in [-0.2, 0) is 32.3 Å². The molecule has 0 heterocycles. The van der Waals surface area contributed by atoms with E-state index >= 15 is 0 Å². The first-order chi connectivity index (χ1) is 18.2. The van der Waals surface area contributed by atoms with E-state index in [-0.39, 0.29) is 37.5 Å². The van der Waals surface area contributed by atoms with Crippen molar-refractivity contribution in [3.8, 4) is 0 Å². The molecule has 1 atom stereocenters. The fraction of sp³-hybridized carbons (Fsp3) is 0.462. The molecule has 0 spiro atoms. The Kier molecular flexibility index (Phi) is 11.9. The summed E-state index contributed by atoms with van der Waals surface area (Å²) in [7, 11) is -3.96. The summed E-state index contributed by atoms with van der Waals surface area (Å²) in [5, 5.41) is 3.42. The third-order valence-electron chi connectivity index (χ3n) is 5.94. The average Bonchev–Trinajstić information content (AvgIpc) is 2.85. The highest BCUT2D eigenvalue weighted by molar-refractivity contribution is 7.92. The van der Waals surface area contributed by atoms with Gasteiger partial charge in [0.05, 0.1) is 17.5 Å². The number of carbonyl (C=O) groups is 2. The monoisotopic (exact) mass is 609 g/mol. The number of hydrogen-bond acceptors (Lipinski definition) is 4. The number of benzene rings is 2. The van der Waals surface area contributed by atoms with Crippen LogP contribution in [0, 0.1) is 0 Å². The highest BCUT2D eigenvalue weighted by Crippen LogP contribution is 2.32. The van der Waals surface area contributed by atoms with Gasteiger partial charge in [0.25, 0.3) is 0 Å². The second-order valence-electron chi connectivity index (χ2n) is 8.92. The van der Waals surface area contributed by atoms with Gasteiger partial charge in [-0.25, -0.2) is 8.42 Å². The SMILES string of the molecule is CCCNC(=O)C(CC)N(Cc1c(Cl)cccc1Cl)C(=O)CCCN(c1cccc(C(F)(F)F)c1)S(C)(=O)=O. The molecule has 2 amide bonds. The molecule has 13 heteroatoms. The molecule has 0 aliphatic heterocycles. The molecule has 0 saturated carbocycles. The van der Waals surface area contributed by atoms with Crippen molar-refractivity contribution in [3.63, 3.8) is 0 Å². The molecule has 2 rings (SSSR count). The van der Waals surface area contributed by atoms with Gasteiger partial charge in [-0.15, -0.1) is 0 Å². The van der Waals surface area contributed by atoms with Crippen LogP contribution >= 0.6 is 23.2 Å². The summed E-state index contributed by atoms with van der Waals surface area (Å²) in [5.41, 5.74) is -0.695. The first kappa shape index (κ1) is 32.7. The van der Waals surface area contributed by atoms with Crippen LogP contribution in [-0.4, -0.2) is 50.5 Å². The van der Waals surface area contributed by atoms with E-state index in [0.717, 1.165) is 28.8 Å². The lowest BCUT2D eigenvalue weighted by molar-refractivity contribution is -0.141. The minimum absolute atomic E-state index is 0.0120. The Balaban J connectivity index is 2.30. The highest BCUT2D eigenvalue weighted by Gasteiger charge is 2.32. The minimum Gasteiger partial charge on any atom is -0.354 e. The zero-order chi connectivity index (χ0) is 29.4. The topological polar surface area (TPSA) is 86.8 Å². The normalized spacial score (nSPS) is 12.6. The van der Waals surface area contributed by atoms with Crippen LogP contribution in [0.4, 0.5) is 18.9 Å². The molecular formula is C26H32Cl2F3N3O4S. The van der Waals surface area contributed by atoms with Crippen LogP contribution in [0.25, 0.3) is 0 Å². The van der Waals surface area contributed by atoms with Gasteiger partial charge in [0.1, 0.15) is 6.04 Å². The van der Waals surface area contributed by atoms with Crippen LogP contribution in [0.1, 0.15) is 50.7 Å². The van der Waals surface area contributed by atoms with E-state index in [1.165, 1.54) is 11.0 Å². The predicted octanol–water partition coefficient (Wildman–Crippen LogP) is 5.89. The summed E-state index contributed by atoms with van der Waals surface area (Å²) >= 11 is 12.6. The largest absolute Gasteiger partial charge is 0.416 e. The number of halogens is 5. The quantitative estimate of drug-likeness (QED) is 0.307. The molecule has 0 radical (unpaired) electrons. The van der Waals surface area contributed by atoms with Crippen LogP contribution in [0.2, 0.25) is 10.0 Å². The van der Waals surface area contributed by atoms with Crippen molar-refractivity contribution in [2.24, 2.45) is 0 Å². The Morgan fingerprint density at radius 2 is 1.67 bits per heavy atom. The molecule has 7 nitrogen and oxygen atoms in total. The van der Waals surface area contributed by atoms with E-state index in [1.54, 1.807) is 25.1 Å². The van der Waals surface area contributed by atoms with E-state index in [0.29, 0.717) is 35.0 Å². The van der Waals surface area contributed by atoms with Crippen molar-refractivity contribution >= 4 is 50.7 Å². The summed E-state index contributed by atoms with van der Waals surface area (Å²) in [4.78, 5) is 27.7. The van der Waals surface area contributed by atoms with Crippen molar-refractivity contribution in [1.29, 1.82) is 0 Å². The van der Waals surface area contributed by atoms with Gasteiger partial charge >= 0.3 is 6.18 Å². The third kappa shape index (κ3) is 9.29. The molecule has 0 saturated heterocycles. The molecule has 2 aromatic carbocycles. The number of nitrogens with zero attached hydrogens (tertiary/aromatic N) is 2. The summed E-state index contributed by atoms with van der Waals surface area (Å²) in [6, 6.07) is 8.02. The molecule has 1 unspecified atom stereocenters. The molecule has 0 aliphatic carbocycles. The number of sulfonamides is 1. The van der Waals surface area contributed by atoms with Gasteiger partial charge in [-0.2, -0.15) is 13.2 Å². The molecule has 1 N–H and O–H groups in total. The fourth-order valence-corrected chi connectivity index (χ4v) is 5.45. The molecule has 2 aromatic rings. The average molecular weight is 611 g/mol. The van der Waals surface area contributed by atoms with E-state index in [1.807, 2.05) is 6.92 Å². The van der Waals surface area contributed by atoms with Gasteiger partial charge in [-0.1, -0.05) is 49.2 Å². The molecule has 0 fully saturated rings. The van der Waals surface area contributed by atoms with Gasteiger partial charge in [-0.3, -0.25) is 13.9 Å². The van der Waals surface area contributed by atoms with E-state index in [9.17, 15) is 31.2 Å². The number of rotatable bonds is 13. The Bertz CT molecular complexity index is 1240. The Morgan fingerprint density at radius 3 is 2.21 bits per heavy atom. The lowest BCUT2D eigenvalue weighted by atomic mass is 10.1. The summed E-state index contributed by atoms with van der Waals surface area (Å²) in [6.07, 6.45) is -2.96. The first-order valence-electron chi connectivity index (χ1n) is 12.4. The van der Waals surface area contributed by atoms with Crippen molar-refractivity contribution in [2.45, 2.75) is 58.3 Å². The number of nitrogens with one attached hydrogen (secondary N) is 1. The second kappa shape index (κ2) is 14.2. The van der Waals surface area contributed by atoms with Crippen LogP contribution in [0.3, 0.4) is 0 Å². The maximum Gasteiger partial charge on any atom is 0.416 e. The van der Waals surface area contributed by atoms with Gasteiger partial charge in [-0.05, 0) is 49.6 Å². The highest BCUT2D eigenvalue weighted by atomic mass is 35.5. The van der Waals surface area contributed by atoms with Gasteiger partial charge < -0.3 is 10.2 Å². The van der Waals surface area contributed by atoms with Crippen molar-refractivity contribution in [2.75, 3.05) is 23.7 Å². The molecule has 39 heavy (non-hydrogen) atoms. The maximum atomic E-state index is 13.4. The van der Waals surface area contributed by atoms with E-state index in [2.05, 4.69) is 5.32 Å². The van der Waals surface area contributed by atoms with Gasteiger partial charge in [0.2, 0.25) is 21.8 Å². The third-order valence-corrected chi connectivity index (χ3v) is 7.84. The number of alkyl halides is 3. The molecule has 0 bridgehead atoms. The number of hydrogen-bond donors (Lipinski definition) is 1. The van der Waals surface area contributed by atoms with Crippen molar-refractivity contribution < 1.29 is 31.2 Å². The van der Waals surface area contributed by atoms with E-state index < -0.39 is 33.7 Å². The van der Waals surface area contributed by atoms with E-state index in [4.69, 9.17) is 23.2 Å². The van der Waals surface area contributed by atoms with Gasteiger partial charge in [0.15, 0.2) is 0 Å². The van der Waals surface area contributed by atoms with Crippen LogP contribution in [0.5, 0.6) is 0 Å². The van der Waals surface area contributed by atoms with Gasteiger partial charge in [0, 0.05) is 41.7 Å². The number of anilines is 1. The predicted molar refractivity (Wildman–Crippen MR) is 147 cm³/mol. The standard InChI is InChI=1S/C26H32Cl2F3N3O4S/c1-4-14-32-25(36)23(5-2)33(17-20-21(27)11-7-12-22(20)28)24(35)13-8-15-34(39(3,37)38)19-10-6-9-18(16-19)26(29,30)31/h6-7,9-12,16,23H,4-5,8,13-15,17H2,1-3H3,(H,32,36). The fourth-order valence-electron chi connectivity index (χ4n) is 3.98. The molecule has 0 aliphatic rings. The lowest BCUT2D eigenvalue weighted by Crippen LogP contribution is -2.49. The number of carbonyl (C=O) groups excluding carboxylic acids is 2. The Labute approximate surface area is 237 Å². The summed E-state index contributed by atoms with van der Waals surface area (Å²) in [6.45, 7) is 3.77. The minimum atomic E-state index is -4.65. The number of amides is 2. The van der Waals surface area contributed by atoms with Crippen molar-refractivity contribution in [1.82, 2.24) is 10.2 Å². The smallest absolute Gasteiger partial charge is 0.354 e. The molecule has 216 valence electrons. The second-order valence-corrected chi connectivity index (χ2v) is 11.6. The van der Waals surface area contributed by atoms with Crippen LogP contribution in [0.15, 0.2) is 42.5 Å². The lowest BCUT2D eigenvalue weighted by Gasteiger charge is -2.31. The molecular weight excluding hydrogens is 578 g/mol. The first-order valence-corrected chi connectivity index (χ1v) is 15.0. The Morgan fingerprint density at radius 1 is 1.05 bits per heavy atom. The zero-order valence-electron chi connectivity index (χ0n) is 21.9. The summed E-state index contributed by atoms with van der Waals surface area (Å²) in [5.74, 6) is -0.806. The zero-order valence-corrected chi connectivity index (χ0v) is 24.2. The maximum absolute atomic E-state index is 13.4. The van der Waals surface area contributed by atoms with Crippen molar-refractivity contribution in [3.05, 3.63) is 63.6 Å². The Hall–Kier alpha value is -2.50. The summed E-state index contributed by atoms with van der Waals surface area (Å²) < 4.78 is 65.3. The van der Waals surface area contributed by atoms with Crippen LogP contribution < -0.4 is 9.62 Å². The molecule has 0 aromatic heterocycles.